The van der Waals surface area contributed by atoms with Crippen LogP contribution in [0, 0.1) is 0 Å². The largest absolute Gasteiger partial charge is 0.457 e. The van der Waals surface area contributed by atoms with Crippen molar-refractivity contribution in [3.63, 3.8) is 0 Å². The van der Waals surface area contributed by atoms with Gasteiger partial charge in [-0.15, -0.1) is 0 Å². The number of rotatable bonds is 8. The minimum atomic E-state index is -0.305. The van der Waals surface area contributed by atoms with E-state index in [9.17, 15) is 2.74 Å². The van der Waals surface area contributed by atoms with Crippen molar-refractivity contribution in [1.82, 2.24) is 9.55 Å². The van der Waals surface area contributed by atoms with Gasteiger partial charge in [0.2, 0.25) is 0 Å². The number of anilines is 4. The predicted molar refractivity (Wildman–Crippen MR) is 335 cm³/mol. The number of aromatic nitrogens is 2. The Morgan fingerprint density at radius 1 is 0.494 bits per heavy atom. The smallest absolute Gasteiger partial charge is 0.137 e. The number of hydrogen-bond donors (Lipinski definition) is 0. The summed E-state index contributed by atoms with van der Waals surface area (Å²) in [5.74, 6) is 1.74. The molecule has 5 nitrogen and oxygen atoms in total. The maximum atomic E-state index is 9.36. The lowest BCUT2D eigenvalue weighted by molar-refractivity contribution is 0.332. The van der Waals surface area contributed by atoms with Crippen molar-refractivity contribution in [3.8, 4) is 50.7 Å². The third-order valence-electron chi connectivity index (χ3n) is 17.0. The van der Waals surface area contributed by atoms with Crippen LogP contribution in [-0.2, 0) is 27.1 Å². The van der Waals surface area contributed by atoms with Crippen LogP contribution in [-0.4, -0.2) is 16.2 Å². The lowest BCUT2D eigenvalue weighted by Gasteiger charge is -2.42. The zero-order valence-electron chi connectivity index (χ0n) is 52.4. The van der Waals surface area contributed by atoms with Gasteiger partial charge < -0.3 is 14.5 Å². The van der Waals surface area contributed by atoms with Crippen molar-refractivity contribution in [2.24, 2.45) is 0 Å². The van der Waals surface area contributed by atoms with Crippen molar-refractivity contribution < 1.29 is 10.2 Å². The third kappa shape index (κ3) is 9.39. The zero-order valence-corrected chi connectivity index (χ0v) is 48.4. The fraction of sp³-hybridized carbons (Fsp3) is 0.284. The molecule has 1 aliphatic carbocycles. The maximum absolute atomic E-state index is 9.36. The number of nitrogens with zero attached hydrogens (tertiary/aromatic N) is 4. The quantitative estimate of drug-likeness (QED) is 0.152. The van der Waals surface area contributed by atoms with Gasteiger partial charge in [-0.3, -0.25) is 4.57 Å². The Balaban J connectivity index is 0.955. The summed E-state index contributed by atoms with van der Waals surface area (Å²) in [4.78, 5) is 10.00. The summed E-state index contributed by atoms with van der Waals surface area (Å²) in [6.45, 7) is 30.2. The second-order valence-corrected chi connectivity index (χ2v) is 26.5. The lowest BCUT2D eigenvalue weighted by atomic mass is 9.63. The first-order chi connectivity index (χ1) is 39.2. The molecule has 10 aromatic rings. The van der Waals surface area contributed by atoms with Gasteiger partial charge in [-0.2, -0.15) is 0 Å². The molecule has 3 heterocycles. The molecule has 8 aromatic carbocycles. The molecule has 0 amide bonds. The van der Waals surface area contributed by atoms with Crippen LogP contribution in [0.2, 0.25) is 0 Å². The van der Waals surface area contributed by atoms with Crippen molar-refractivity contribution in [3.05, 3.63) is 216 Å². The Morgan fingerprint density at radius 2 is 1.13 bits per heavy atom. The molecule has 0 bridgehead atoms. The van der Waals surface area contributed by atoms with Gasteiger partial charge in [-0.05, 0) is 133 Å². The number of fused-ring (bicyclic) bond motifs is 5. The summed E-state index contributed by atoms with van der Waals surface area (Å²) >= 11 is 0. The predicted octanol–water partition coefficient (Wildman–Crippen LogP) is 20.5. The van der Waals surface area contributed by atoms with Crippen molar-refractivity contribution >= 4 is 44.6 Å². The molecule has 1 aliphatic heterocycles. The molecule has 2 aromatic heterocycles. The van der Waals surface area contributed by atoms with Crippen molar-refractivity contribution in [2.45, 2.75) is 130 Å². The monoisotopic (exact) mass is 1040 g/mol. The highest BCUT2D eigenvalue weighted by molar-refractivity contribution is 6.09. The summed E-state index contributed by atoms with van der Waals surface area (Å²) in [7, 11) is 0. The van der Waals surface area contributed by atoms with E-state index >= 15 is 0 Å². The molecule has 0 N–H and O–H groups in total. The minimum absolute atomic E-state index is 0.00949. The molecule has 79 heavy (non-hydrogen) atoms. The van der Waals surface area contributed by atoms with E-state index in [2.05, 4.69) is 227 Å². The van der Waals surface area contributed by atoms with Gasteiger partial charge in [-0.25, -0.2) is 4.98 Å². The Bertz CT molecular complexity index is 4230. The van der Waals surface area contributed by atoms with Gasteiger partial charge in [0.1, 0.15) is 24.0 Å². The van der Waals surface area contributed by atoms with E-state index < -0.39 is 0 Å². The molecule has 0 radical (unpaired) electrons. The topological polar surface area (TPSA) is 33.5 Å². The molecule has 0 unspecified atom stereocenters. The summed E-state index contributed by atoms with van der Waals surface area (Å²) < 4.78 is 45.0. The van der Waals surface area contributed by atoms with E-state index in [0.717, 1.165) is 52.3 Å². The lowest BCUT2D eigenvalue weighted by Crippen LogP contribution is -2.33. The van der Waals surface area contributed by atoms with Crippen LogP contribution in [0.4, 0.5) is 22.7 Å². The van der Waals surface area contributed by atoms with Gasteiger partial charge in [-0.1, -0.05) is 211 Å². The minimum Gasteiger partial charge on any atom is -0.457 e. The molecule has 0 saturated heterocycles. The van der Waals surface area contributed by atoms with Gasteiger partial charge in [0.15, 0.2) is 0 Å². The second kappa shape index (κ2) is 18.9. The van der Waals surface area contributed by atoms with Crippen LogP contribution in [0.5, 0.6) is 11.5 Å². The summed E-state index contributed by atoms with van der Waals surface area (Å²) in [6, 6.07) is 55.8. The summed E-state index contributed by atoms with van der Waals surface area (Å²) in [5, 5.41) is 1.11. The van der Waals surface area contributed by atoms with Crippen LogP contribution in [0.3, 0.4) is 0 Å². The molecule has 0 fully saturated rings. The second-order valence-electron chi connectivity index (χ2n) is 26.5. The number of pyridine rings is 1. The normalized spacial score (nSPS) is 15.9. The first kappa shape index (κ1) is 47.1. The van der Waals surface area contributed by atoms with Crippen LogP contribution < -0.4 is 14.5 Å². The van der Waals surface area contributed by atoms with E-state index in [1.165, 1.54) is 44.5 Å². The highest BCUT2D eigenvalue weighted by Crippen LogP contribution is 2.53. The SMILES string of the molecule is [2H]c1c([2H])c([2H])c2c(c1[2H])c1ccc(Oc3cccc(N4CN(c5c(-c6cccc(C(C)(C)C)c6)cccc5-c5ccc6c(c5)C(C)(C)CCC6(C)C)c5ccccc54)c3)cc1n2-c1cc(C(C)(C)C)c(-c2ccc(C(C)(C)C)cc2)cn1. The number of ether oxygens (including phenoxy) is 1. The van der Waals surface area contributed by atoms with Gasteiger partial charge in [0, 0.05) is 51.5 Å². The Labute approximate surface area is 475 Å². The maximum Gasteiger partial charge on any atom is 0.137 e. The highest BCUT2D eigenvalue weighted by Gasteiger charge is 2.38. The average Bonchev–Trinajstić information content (AvgIpc) is 2.12. The highest BCUT2D eigenvalue weighted by atomic mass is 16.5. The van der Waals surface area contributed by atoms with Crippen molar-refractivity contribution in [1.29, 1.82) is 0 Å². The van der Waals surface area contributed by atoms with Crippen LogP contribution in [0.1, 0.15) is 136 Å². The molecular weight excluding hydrogens is 961 g/mol. The fourth-order valence-electron chi connectivity index (χ4n) is 12.3. The first-order valence-corrected chi connectivity index (χ1v) is 28.2. The molecular formula is C74H76N4O. The van der Waals surface area contributed by atoms with Crippen molar-refractivity contribution in [2.75, 3.05) is 16.5 Å². The molecule has 0 spiro atoms. The zero-order chi connectivity index (χ0) is 58.9. The Hall–Kier alpha value is -7.89. The van der Waals surface area contributed by atoms with Crippen LogP contribution >= 0.6 is 0 Å². The number of benzene rings is 8. The Kier molecular flexibility index (Phi) is 11.3. The number of para-hydroxylation sites is 4. The molecule has 398 valence electrons. The van der Waals surface area contributed by atoms with Gasteiger partial charge in [0.05, 0.1) is 33.6 Å². The summed E-state index contributed by atoms with van der Waals surface area (Å²) in [6.07, 6.45) is 4.21. The standard InChI is InChI=1S/C74H76N4O/c1-70(2,3)51-34-31-48(32-35-51)60-46-75-68(45-62(60)72(7,8)9)78-64-28-15-14-25-58(64)59-37-36-55(44-67(59)78)79-54-24-19-23-53(43-54)76-47-77(66-30-17-16-29-65(66)76)69-56(49-21-18-22-52(41-49)71(4,5)6)26-20-27-57(69)50-33-38-61-63(42-50)74(12,13)40-39-73(61,10)11/h14-38,41-46H,39-40,47H2,1-13H3/i14D,15D,25D,28D. The number of hydrogen-bond acceptors (Lipinski definition) is 4. The van der Waals surface area contributed by atoms with Gasteiger partial charge >= 0.3 is 0 Å². The first-order valence-electron chi connectivity index (χ1n) is 30.2. The van der Waals surface area contributed by atoms with E-state index in [0.29, 0.717) is 45.8 Å². The van der Waals surface area contributed by atoms with Gasteiger partial charge in [0.25, 0.3) is 0 Å². The molecule has 2 aliphatic rings. The van der Waals surface area contributed by atoms with E-state index in [1.54, 1.807) is 0 Å². The molecule has 0 atom stereocenters. The molecule has 0 saturated carbocycles. The fourth-order valence-corrected chi connectivity index (χ4v) is 12.3. The Morgan fingerprint density at radius 3 is 1.84 bits per heavy atom. The van der Waals surface area contributed by atoms with E-state index in [4.69, 9.17) is 12.5 Å². The molecule has 5 heteroatoms. The van der Waals surface area contributed by atoms with E-state index in [1.807, 2.05) is 41.1 Å². The average molecular weight is 1040 g/mol. The van der Waals surface area contributed by atoms with Crippen LogP contribution in [0.15, 0.2) is 188 Å². The third-order valence-corrected chi connectivity index (χ3v) is 17.0. The van der Waals surface area contributed by atoms with Crippen LogP contribution in [0.25, 0.3) is 61.0 Å². The molecule has 12 rings (SSSR count). The summed E-state index contributed by atoms with van der Waals surface area (Å²) in [5.41, 5.74) is 18.5. The van der Waals surface area contributed by atoms with E-state index in [-0.39, 0.29) is 51.2 Å².